The number of benzene rings is 1. The van der Waals surface area contributed by atoms with Crippen molar-refractivity contribution in [3.63, 3.8) is 0 Å². The molecule has 4 nitrogen and oxygen atoms in total. The molecule has 1 heterocycles. The minimum absolute atomic E-state index is 0.0233. The van der Waals surface area contributed by atoms with E-state index < -0.39 is 0 Å². The van der Waals surface area contributed by atoms with E-state index in [0.717, 1.165) is 48.1 Å². The van der Waals surface area contributed by atoms with Crippen molar-refractivity contribution in [3.05, 3.63) is 24.3 Å². The zero-order valence-electron chi connectivity index (χ0n) is 24.5. The van der Waals surface area contributed by atoms with Crippen molar-refractivity contribution in [3.8, 4) is 5.75 Å². The van der Waals surface area contributed by atoms with Crippen LogP contribution in [0.5, 0.6) is 5.75 Å². The molecule has 0 saturated carbocycles. The first-order valence-electron chi connectivity index (χ1n) is 15.0. The van der Waals surface area contributed by atoms with Crippen LogP contribution in [0.4, 0.5) is 5.69 Å². The maximum Gasteiger partial charge on any atom is 0.243 e. The molecule has 1 N–H and O–H groups in total. The van der Waals surface area contributed by atoms with E-state index in [1.54, 1.807) is 0 Å². The molecule has 206 valence electrons. The van der Waals surface area contributed by atoms with Crippen LogP contribution in [-0.2, 0) is 4.79 Å². The fourth-order valence-corrected chi connectivity index (χ4v) is 5.12. The topological polar surface area (TPSA) is 41.6 Å². The normalized spacial score (nSPS) is 19.3. The van der Waals surface area contributed by atoms with E-state index in [0.29, 0.717) is 12.5 Å². The first kappa shape index (κ1) is 30.5. The third kappa shape index (κ3) is 11.6. The van der Waals surface area contributed by atoms with Crippen molar-refractivity contribution >= 4 is 11.6 Å². The molecule has 1 aliphatic rings. The number of nitrogens with zero attached hydrogens (tertiary/aromatic N) is 1. The van der Waals surface area contributed by atoms with E-state index in [4.69, 9.17) is 4.74 Å². The number of hydrazine groups is 1. The lowest BCUT2D eigenvalue weighted by atomic mass is 9.88. The van der Waals surface area contributed by atoms with Crippen molar-refractivity contribution in [1.29, 1.82) is 0 Å². The number of hydrogen-bond donors (Lipinski definition) is 1. The summed E-state index contributed by atoms with van der Waals surface area (Å²) in [4.78, 5) is 11.8. The molecule has 5 unspecified atom stereocenters. The van der Waals surface area contributed by atoms with Gasteiger partial charge in [-0.15, -0.1) is 0 Å². The maximum absolute atomic E-state index is 11.8. The summed E-state index contributed by atoms with van der Waals surface area (Å²) < 4.78 is 6.05. The zero-order chi connectivity index (χ0) is 26.5. The minimum atomic E-state index is 0.0233. The van der Waals surface area contributed by atoms with E-state index >= 15 is 0 Å². The van der Waals surface area contributed by atoms with Crippen molar-refractivity contribution < 1.29 is 9.53 Å². The second-order valence-electron chi connectivity index (χ2n) is 12.5. The number of nitrogens with one attached hydrogen (secondary N) is 1. The van der Waals surface area contributed by atoms with Crippen LogP contribution in [0.1, 0.15) is 113 Å². The molecule has 0 spiro atoms. The van der Waals surface area contributed by atoms with Crippen LogP contribution < -0.4 is 15.2 Å². The molecule has 5 atom stereocenters. The van der Waals surface area contributed by atoms with Gasteiger partial charge >= 0.3 is 0 Å². The Bertz CT molecular complexity index is 749. The highest BCUT2D eigenvalue weighted by atomic mass is 16.5. The van der Waals surface area contributed by atoms with Crippen molar-refractivity contribution in [2.24, 2.45) is 35.5 Å². The summed E-state index contributed by atoms with van der Waals surface area (Å²) in [5, 5.41) is 1.92. The molecule has 1 saturated heterocycles. The standard InChI is InChI=1S/C32H56N2O2/c1-24(2)28(6)17-10-16-26(4)13-8-12-25(3)14-9-15-27(5)20-21-36-31-19-11-18-30(22-31)34-23-29(7)32(35)33-34/h11,18-19,22,24-29H,8-10,12-17,20-21,23H2,1-7H3,(H,33,35). The van der Waals surface area contributed by atoms with Gasteiger partial charge in [0, 0.05) is 6.07 Å². The lowest BCUT2D eigenvalue weighted by Gasteiger charge is -2.19. The number of anilines is 1. The molecular weight excluding hydrogens is 444 g/mol. The second kappa shape index (κ2) is 16.2. The predicted octanol–water partition coefficient (Wildman–Crippen LogP) is 8.65. The fraction of sp³-hybridized carbons (Fsp3) is 0.781. The van der Waals surface area contributed by atoms with Gasteiger partial charge in [0.2, 0.25) is 5.91 Å². The van der Waals surface area contributed by atoms with E-state index in [1.165, 1.54) is 57.8 Å². The Kier molecular flexibility index (Phi) is 13.7. The first-order chi connectivity index (χ1) is 17.2. The molecule has 1 aliphatic heterocycles. The van der Waals surface area contributed by atoms with Gasteiger partial charge in [0.25, 0.3) is 0 Å². The van der Waals surface area contributed by atoms with E-state index in [-0.39, 0.29) is 11.8 Å². The maximum atomic E-state index is 11.8. The highest BCUT2D eigenvalue weighted by Gasteiger charge is 2.26. The highest BCUT2D eigenvalue weighted by Crippen LogP contribution is 2.26. The van der Waals surface area contributed by atoms with Crippen molar-refractivity contribution in [1.82, 2.24) is 5.43 Å². The van der Waals surface area contributed by atoms with Crippen LogP contribution in [0.3, 0.4) is 0 Å². The van der Waals surface area contributed by atoms with E-state index in [1.807, 2.05) is 36.2 Å². The monoisotopic (exact) mass is 500 g/mol. The Balaban J connectivity index is 1.52. The summed E-state index contributed by atoms with van der Waals surface area (Å²) in [7, 11) is 0. The number of hydrogen-bond acceptors (Lipinski definition) is 3. The highest BCUT2D eigenvalue weighted by molar-refractivity contribution is 5.83. The lowest BCUT2D eigenvalue weighted by molar-refractivity contribution is -0.121. The van der Waals surface area contributed by atoms with Crippen LogP contribution in [0.2, 0.25) is 0 Å². The Hall–Kier alpha value is -1.71. The summed E-state index contributed by atoms with van der Waals surface area (Å²) in [6, 6.07) is 8.05. The van der Waals surface area contributed by atoms with Gasteiger partial charge in [-0.1, -0.05) is 112 Å². The quantitative estimate of drug-likeness (QED) is 0.219. The van der Waals surface area contributed by atoms with Crippen LogP contribution in [0, 0.1) is 35.5 Å². The van der Waals surface area contributed by atoms with Crippen LogP contribution >= 0.6 is 0 Å². The molecule has 0 radical (unpaired) electrons. The van der Waals surface area contributed by atoms with E-state index in [2.05, 4.69) is 47.0 Å². The molecule has 0 bridgehead atoms. The van der Waals surface area contributed by atoms with Gasteiger partial charge in [0.05, 0.1) is 24.8 Å². The molecule has 0 aliphatic carbocycles. The summed E-state index contributed by atoms with van der Waals surface area (Å²) in [5.41, 5.74) is 3.91. The summed E-state index contributed by atoms with van der Waals surface area (Å²) >= 11 is 0. The van der Waals surface area contributed by atoms with Crippen LogP contribution in [0.15, 0.2) is 24.3 Å². The Morgan fingerprint density at radius 3 is 1.94 bits per heavy atom. The van der Waals surface area contributed by atoms with Crippen molar-refractivity contribution in [2.45, 2.75) is 113 Å². The molecule has 1 aromatic rings. The van der Waals surface area contributed by atoms with Crippen LogP contribution in [-0.4, -0.2) is 19.1 Å². The summed E-state index contributed by atoms with van der Waals surface area (Å²) in [5.74, 6) is 5.10. The smallest absolute Gasteiger partial charge is 0.243 e. The number of amides is 1. The molecule has 0 aromatic heterocycles. The molecule has 2 rings (SSSR count). The SMILES string of the molecule is CC(CCCC(C)CCCC(C)C(C)C)CCCC(C)CCOc1cccc(N2CC(C)C(=O)N2)c1. The fourth-order valence-electron chi connectivity index (χ4n) is 5.12. The lowest BCUT2D eigenvalue weighted by Crippen LogP contribution is -2.32. The van der Waals surface area contributed by atoms with E-state index in [9.17, 15) is 4.79 Å². The largest absolute Gasteiger partial charge is 0.494 e. The van der Waals surface area contributed by atoms with Crippen LogP contribution in [0.25, 0.3) is 0 Å². The Morgan fingerprint density at radius 1 is 0.861 bits per heavy atom. The first-order valence-corrected chi connectivity index (χ1v) is 15.0. The predicted molar refractivity (Wildman–Crippen MR) is 154 cm³/mol. The molecule has 36 heavy (non-hydrogen) atoms. The Labute approximate surface area is 222 Å². The summed E-state index contributed by atoms with van der Waals surface area (Å²) in [6.07, 6.45) is 13.4. The average molecular weight is 501 g/mol. The third-order valence-corrected chi connectivity index (χ3v) is 8.44. The van der Waals surface area contributed by atoms with Gasteiger partial charge in [-0.05, 0) is 48.1 Å². The molecule has 4 heteroatoms. The van der Waals surface area contributed by atoms with Gasteiger partial charge in [0.1, 0.15) is 5.75 Å². The third-order valence-electron chi connectivity index (χ3n) is 8.44. The molecule has 1 fully saturated rings. The zero-order valence-corrected chi connectivity index (χ0v) is 24.5. The number of carbonyl (C=O) groups excluding carboxylic acids is 1. The Morgan fingerprint density at radius 2 is 1.42 bits per heavy atom. The average Bonchev–Trinajstić information content (AvgIpc) is 3.17. The van der Waals surface area contributed by atoms with Gasteiger partial charge < -0.3 is 4.74 Å². The number of carbonyl (C=O) groups is 1. The van der Waals surface area contributed by atoms with Gasteiger partial charge in [-0.2, -0.15) is 0 Å². The van der Waals surface area contributed by atoms with Gasteiger partial charge in [-0.3, -0.25) is 15.2 Å². The number of rotatable bonds is 18. The molecular formula is C32H56N2O2. The second-order valence-corrected chi connectivity index (χ2v) is 12.5. The number of ether oxygens (including phenoxy) is 1. The van der Waals surface area contributed by atoms with Gasteiger partial charge in [-0.25, -0.2) is 0 Å². The summed E-state index contributed by atoms with van der Waals surface area (Å²) in [6.45, 7) is 17.8. The van der Waals surface area contributed by atoms with Gasteiger partial charge in [0.15, 0.2) is 0 Å². The van der Waals surface area contributed by atoms with Crippen molar-refractivity contribution in [2.75, 3.05) is 18.2 Å². The molecule has 1 aromatic carbocycles. The molecule has 1 amide bonds. The minimum Gasteiger partial charge on any atom is -0.494 e.